The van der Waals surface area contributed by atoms with E-state index in [1.807, 2.05) is 34.4 Å². The van der Waals surface area contributed by atoms with Crippen molar-refractivity contribution in [3.05, 3.63) is 35.7 Å². The fourth-order valence-electron chi connectivity index (χ4n) is 1.15. The minimum absolute atomic E-state index is 1.16. The molecule has 0 bridgehead atoms. The molecule has 0 saturated carbocycles. The fraction of sp³-hybridized carbons (Fsp3) is 0.182. The van der Waals surface area contributed by atoms with Crippen LogP contribution in [0.1, 0.15) is 6.92 Å². The van der Waals surface area contributed by atoms with Gasteiger partial charge < -0.3 is 0 Å². The number of thioether (sulfide) groups is 1. The average molecular weight is 239 g/mol. The number of rotatable bonds is 3. The van der Waals surface area contributed by atoms with Crippen molar-refractivity contribution in [1.82, 2.24) is 0 Å². The van der Waals surface area contributed by atoms with Gasteiger partial charge >= 0.3 is 3.52 Å². The Hall–Kier alpha value is -0.380. The highest BCUT2D eigenvalue weighted by Crippen LogP contribution is 2.37. The van der Waals surface area contributed by atoms with E-state index in [9.17, 15) is 0 Å². The minimum atomic E-state index is 1.16. The van der Waals surface area contributed by atoms with Gasteiger partial charge in [0, 0.05) is 11.3 Å². The van der Waals surface area contributed by atoms with Gasteiger partial charge in [-0.2, -0.15) is 0 Å². The predicted molar refractivity (Wildman–Crippen MR) is 68.4 cm³/mol. The smallest absolute Gasteiger partial charge is 0.0622 e. The third-order valence-electron chi connectivity index (χ3n) is 1.78. The molecule has 0 saturated heterocycles. The van der Waals surface area contributed by atoms with Crippen LogP contribution in [0.5, 0.6) is 0 Å². The summed E-state index contributed by atoms with van der Waals surface area (Å²) < 4.78 is 1.45. The van der Waals surface area contributed by atoms with Gasteiger partial charge in [-0.15, -0.1) is 0 Å². The lowest BCUT2D eigenvalue weighted by Crippen LogP contribution is -1.67. The molecule has 0 N–H and O–H groups in total. The SMILES string of the molecule is CCSc1sc(-c2ccccc2)c[s+]1. The van der Waals surface area contributed by atoms with E-state index in [-0.39, 0.29) is 0 Å². The number of hydrogen-bond acceptors (Lipinski definition) is 2. The van der Waals surface area contributed by atoms with Gasteiger partial charge in [0.05, 0.1) is 11.3 Å². The van der Waals surface area contributed by atoms with Gasteiger partial charge in [-0.3, -0.25) is 0 Å². The first-order valence-corrected chi connectivity index (χ1v) is 7.18. The maximum atomic E-state index is 2.25. The van der Waals surface area contributed by atoms with Crippen LogP contribution in [0.4, 0.5) is 0 Å². The summed E-state index contributed by atoms with van der Waals surface area (Å²) in [5, 5.41) is 2.25. The molecule has 14 heavy (non-hydrogen) atoms. The van der Waals surface area contributed by atoms with E-state index in [4.69, 9.17) is 0 Å². The molecule has 1 aromatic carbocycles. The average Bonchev–Trinajstić information content (AvgIpc) is 2.68. The van der Waals surface area contributed by atoms with Crippen LogP contribution >= 0.6 is 34.4 Å². The van der Waals surface area contributed by atoms with Crippen molar-refractivity contribution >= 4 is 34.4 Å². The third kappa shape index (κ3) is 2.35. The lowest BCUT2D eigenvalue weighted by molar-refractivity contribution is 1.53. The van der Waals surface area contributed by atoms with E-state index in [0.29, 0.717) is 0 Å². The minimum Gasteiger partial charge on any atom is -0.0622 e. The Morgan fingerprint density at radius 1 is 1.29 bits per heavy atom. The zero-order valence-corrected chi connectivity index (χ0v) is 10.3. The molecular formula is C11H11S3+. The molecule has 2 aromatic rings. The van der Waals surface area contributed by atoms with E-state index in [0.717, 1.165) is 5.75 Å². The van der Waals surface area contributed by atoms with Crippen LogP contribution in [0, 0.1) is 0 Å². The zero-order valence-electron chi connectivity index (χ0n) is 7.90. The van der Waals surface area contributed by atoms with E-state index in [2.05, 4.69) is 42.6 Å². The van der Waals surface area contributed by atoms with Crippen LogP contribution in [0.15, 0.2) is 39.2 Å². The highest BCUT2D eigenvalue weighted by molar-refractivity contribution is 8.03. The second-order valence-corrected chi connectivity index (χ2v) is 6.73. The zero-order chi connectivity index (χ0) is 9.80. The normalized spacial score (nSPS) is 10.4. The van der Waals surface area contributed by atoms with Gasteiger partial charge in [0.15, 0.2) is 4.88 Å². The monoisotopic (exact) mass is 239 g/mol. The molecule has 0 radical (unpaired) electrons. The lowest BCUT2D eigenvalue weighted by atomic mass is 10.2. The van der Waals surface area contributed by atoms with Crippen molar-refractivity contribution in [2.45, 2.75) is 10.4 Å². The van der Waals surface area contributed by atoms with Gasteiger partial charge in [0.2, 0.25) is 0 Å². The van der Waals surface area contributed by atoms with E-state index in [1.165, 1.54) is 14.0 Å². The van der Waals surface area contributed by atoms with Crippen LogP contribution in [-0.2, 0) is 0 Å². The summed E-state index contributed by atoms with van der Waals surface area (Å²) in [5.74, 6) is 1.16. The first-order chi connectivity index (χ1) is 6.90. The number of hydrogen-bond donors (Lipinski definition) is 0. The Kier molecular flexibility index (Phi) is 3.56. The molecule has 72 valence electrons. The van der Waals surface area contributed by atoms with Crippen molar-refractivity contribution in [3.8, 4) is 10.4 Å². The Labute approximate surface area is 96.6 Å². The van der Waals surface area contributed by atoms with Crippen LogP contribution in [0.2, 0.25) is 0 Å². The summed E-state index contributed by atoms with van der Waals surface area (Å²) in [4.78, 5) is 1.38. The molecule has 0 amide bonds. The Balaban J connectivity index is 2.25. The largest absolute Gasteiger partial charge is 0.312 e. The molecule has 0 fully saturated rings. The summed E-state index contributed by atoms with van der Waals surface area (Å²) in [6, 6.07) is 10.6. The van der Waals surface area contributed by atoms with E-state index >= 15 is 0 Å². The topological polar surface area (TPSA) is 0 Å². The third-order valence-corrected chi connectivity index (χ3v) is 5.52. The van der Waals surface area contributed by atoms with Crippen molar-refractivity contribution in [2.75, 3.05) is 5.75 Å². The second kappa shape index (κ2) is 4.91. The Bertz CT molecular complexity index is 392. The molecule has 3 heteroatoms. The van der Waals surface area contributed by atoms with Crippen molar-refractivity contribution in [1.29, 1.82) is 0 Å². The molecule has 0 spiro atoms. The molecule has 1 aromatic heterocycles. The summed E-state index contributed by atoms with van der Waals surface area (Å²) in [6.07, 6.45) is 0. The first kappa shape index (κ1) is 10.1. The lowest BCUT2D eigenvalue weighted by Gasteiger charge is -1.88. The van der Waals surface area contributed by atoms with E-state index in [1.54, 1.807) is 0 Å². The highest BCUT2D eigenvalue weighted by atomic mass is 32.2. The molecule has 0 atom stereocenters. The van der Waals surface area contributed by atoms with Crippen LogP contribution in [-0.4, -0.2) is 5.75 Å². The van der Waals surface area contributed by atoms with Gasteiger partial charge in [-0.05, 0) is 0 Å². The van der Waals surface area contributed by atoms with E-state index < -0.39 is 0 Å². The molecule has 0 unspecified atom stereocenters. The van der Waals surface area contributed by atoms with Crippen molar-refractivity contribution in [2.24, 2.45) is 0 Å². The van der Waals surface area contributed by atoms with Crippen LogP contribution in [0.25, 0.3) is 10.4 Å². The summed E-state index contributed by atoms with van der Waals surface area (Å²) in [5.41, 5.74) is 1.33. The maximum absolute atomic E-state index is 2.25. The fourth-order valence-corrected chi connectivity index (χ4v) is 4.73. The van der Waals surface area contributed by atoms with Gasteiger partial charge in [0.1, 0.15) is 16.7 Å². The van der Waals surface area contributed by atoms with Crippen molar-refractivity contribution < 1.29 is 0 Å². The van der Waals surface area contributed by atoms with Crippen molar-refractivity contribution in [3.63, 3.8) is 0 Å². The molecule has 0 aliphatic carbocycles. The molecule has 2 rings (SSSR count). The summed E-state index contributed by atoms with van der Waals surface area (Å²) in [7, 11) is 0. The summed E-state index contributed by atoms with van der Waals surface area (Å²) >= 11 is 5.67. The van der Waals surface area contributed by atoms with Crippen LogP contribution < -0.4 is 0 Å². The highest BCUT2D eigenvalue weighted by Gasteiger charge is 2.14. The molecule has 0 nitrogen and oxygen atoms in total. The predicted octanol–water partition coefficient (Wildman–Crippen LogP) is 4.87. The Morgan fingerprint density at radius 3 is 2.79 bits per heavy atom. The standard InChI is InChI=1S/C11H11S3/c1-2-12-11-13-8-10(14-11)9-6-4-3-5-7-9/h3-8H,2H2,1H3/q+1. The Morgan fingerprint density at radius 2 is 2.07 bits per heavy atom. The molecule has 1 heterocycles. The summed E-state index contributed by atoms with van der Waals surface area (Å²) in [6.45, 7) is 2.19. The molecule has 0 aliphatic rings. The quantitative estimate of drug-likeness (QED) is 0.544. The second-order valence-electron chi connectivity index (χ2n) is 2.75. The van der Waals surface area contributed by atoms with Gasteiger partial charge in [-0.1, -0.05) is 49.0 Å². The molecular weight excluding hydrogens is 228 g/mol. The first-order valence-electron chi connectivity index (χ1n) is 4.50. The maximum Gasteiger partial charge on any atom is 0.312 e. The van der Waals surface area contributed by atoms with Gasteiger partial charge in [-0.25, -0.2) is 0 Å². The number of benzene rings is 1. The van der Waals surface area contributed by atoms with Gasteiger partial charge in [0.25, 0.3) is 0 Å². The van der Waals surface area contributed by atoms with Crippen LogP contribution in [0.3, 0.4) is 0 Å². The molecule has 0 aliphatic heterocycles.